The summed E-state index contributed by atoms with van der Waals surface area (Å²) in [5, 5.41) is 36.2. The van der Waals surface area contributed by atoms with Crippen molar-refractivity contribution in [1.82, 2.24) is 5.32 Å². The van der Waals surface area contributed by atoms with Crippen molar-refractivity contribution in [2.24, 2.45) is 0 Å². The van der Waals surface area contributed by atoms with E-state index in [0.717, 1.165) is 18.2 Å². The van der Waals surface area contributed by atoms with Crippen molar-refractivity contribution < 1.29 is 24.4 Å². The Bertz CT molecular complexity index is 1110. The number of hydrogen-bond acceptors (Lipinski definition) is 8. The van der Waals surface area contributed by atoms with Gasteiger partial charge in [0.2, 0.25) is 0 Å². The molecule has 0 saturated heterocycles. The Morgan fingerprint density at radius 1 is 0.893 bits per heavy atom. The molecule has 0 spiro atoms. The van der Waals surface area contributed by atoms with Crippen LogP contribution in [0.25, 0.3) is 11.1 Å². The molecule has 0 saturated carbocycles. The van der Waals surface area contributed by atoms with Gasteiger partial charge in [-0.05, 0) is 6.92 Å². The minimum atomic E-state index is -0.906. The number of nitrogens with zero attached hydrogens (tertiary/aromatic N) is 3. The van der Waals surface area contributed by atoms with Gasteiger partial charge in [0, 0.05) is 41.4 Å². The topological polar surface area (TPSA) is 176 Å². The molecule has 1 N–H and O–H groups in total. The summed E-state index contributed by atoms with van der Waals surface area (Å²) in [5.74, 6) is -1.64. The first-order valence-corrected chi connectivity index (χ1v) is 7.79. The van der Waals surface area contributed by atoms with E-state index in [2.05, 4.69) is 5.32 Å². The fourth-order valence-corrected chi connectivity index (χ4v) is 3.06. The largest absolute Gasteiger partial charge is 0.352 e. The summed E-state index contributed by atoms with van der Waals surface area (Å²) in [6.07, 6.45) is 0. The minimum Gasteiger partial charge on any atom is -0.352 e. The number of nitrogens with one attached hydrogen (secondary N) is 1. The van der Waals surface area contributed by atoms with Crippen LogP contribution < -0.4 is 5.32 Å². The van der Waals surface area contributed by atoms with Crippen LogP contribution in [0.4, 0.5) is 17.1 Å². The summed E-state index contributed by atoms with van der Waals surface area (Å²) in [4.78, 5) is 56.3. The van der Waals surface area contributed by atoms with E-state index < -0.39 is 43.5 Å². The standard InChI is InChI=1S/C16H10N4O8/c1-2-17-16(22)11-5-7(18(23)24)3-9-13(11)14-10(15(9)21)4-8(19(25)26)6-12(14)20(27)28/h3-6H,2H2,1H3,(H,17,22). The maximum atomic E-state index is 12.7. The third-order valence-electron chi connectivity index (χ3n) is 4.16. The molecular formula is C16H10N4O8. The van der Waals surface area contributed by atoms with Gasteiger partial charge in [-0.1, -0.05) is 0 Å². The van der Waals surface area contributed by atoms with Crippen molar-refractivity contribution in [3.63, 3.8) is 0 Å². The summed E-state index contributed by atoms with van der Waals surface area (Å²) >= 11 is 0. The Labute approximate surface area is 155 Å². The molecule has 1 aliphatic carbocycles. The van der Waals surface area contributed by atoms with E-state index >= 15 is 0 Å². The molecule has 0 atom stereocenters. The van der Waals surface area contributed by atoms with E-state index in [1.54, 1.807) is 6.92 Å². The van der Waals surface area contributed by atoms with Crippen LogP contribution in [0, 0.1) is 30.3 Å². The summed E-state index contributed by atoms with van der Waals surface area (Å²) in [6, 6.07) is 3.36. The Kier molecular flexibility index (Phi) is 4.31. The van der Waals surface area contributed by atoms with Crippen molar-refractivity contribution in [3.8, 4) is 11.1 Å². The van der Waals surface area contributed by atoms with Gasteiger partial charge < -0.3 is 5.32 Å². The van der Waals surface area contributed by atoms with Crippen molar-refractivity contribution >= 4 is 28.8 Å². The van der Waals surface area contributed by atoms with E-state index in [4.69, 9.17) is 0 Å². The number of hydrogen-bond donors (Lipinski definition) is 1. The van der Waals surface area contributed by atoms with Gasteiger partial charge >= 0.3 is 0 Å². The van der Waals surface area contributed by atoms with Crippen LogP contribution in [-0.2, 0) is 0 Å². The van der Waals surface area contributed by atoms with Crippen LogP contribution in [-0.4, -0.2) is 33.0 Å². The molecule has 1 amide bonds. The first kappa shape index (κ1) is 18.6. The number of benzene rings is 2. The number of carbonyl (C=O) groups is 2. The van der Waals surface area contributed by atoms with Crippen LogP contribution in [0.5, 0.6) is 0 Å². The quantitative estimate of drug-likeness (QED) is 0.513. The molecule has 12 heteroatoms. The van der Waals surface area contributed by atoms with Crippen molar-refractivity contribution in [3.05, 3.63) is 71.3 Å². The zero-order chi connectivity index (χ0) is 20.7. The number of ketones is 1. The Hall–Kier alpha value is -4.22. The number of amides is 1. The minimum absolute atomic E-state index is 0.154. The highest BCUT2D eigenvalue weighted by molar-refractivity contribution is 6.26. The number of carbonyl (C=O) groups excluding carboxylic acids is 2. The second kappa shape index (κ2) is 6.50. The van der Waals surface area contributed by atoms with Crippen LogP contribution in [0.15, 0.2) is 24.3 Å². The van der Waals surface area contributed by atoms with Gasteiger partial charge in [-0.15, -0.1) is 0 Å². The van der Waals surface area contributed by atoms with Crippen LogP contribution in [0.1, 0.15) is 33.2 Å². The molecule has 0 fully saturated rings. The molecule has 28 heavy (non-hydrogen) atoms. The summed E-state index contributed by atoms with van der Waals surface area (Å²) < 4.78 is 0. The lowest BCUT2D eigenvalue weighted by molar-refractivity contribution is -0.393. The smallest absolute Gasteiger partial charge is 0.284 e. The molecule has 0 heterocycles. The second-order valence-corrected chi connectivity index (χ2v) is 5.76. The molecule has 0 unspecified atom stereocenters. The average molecular weight is 386 g/mol. The average Bonchev–Trinajstić information content (AvgIpc) is 2.93. The number of fused-ring (bicyclic) bond motifs is 3. The van der Waals surface area contributed by atoms with Gasteiger partial charge in [-0.25, -0.2) is 0 Å². The third kappa shape index (κ3) is 2.72. The SMILES string of the molecule is CCNC(=O)c1cc([N+](=O)[O-])cc2c1-c1c(cc([N+](=O)[O-])cc1[N+](=O)[O-])C2=O. The van der Waals surface area contributed by atoms with E-state index in [9.17, 15) is 39.9 Å². The molecule has 12 nitrogen and oxygen atoms in total. The second-order valence-electron chi connectivity index (χ2n) is 5.76. The highest BCUT2D eigenvalue weighted by Gasteiger charge is 2.40. The highest BCUT2D eigenvalue weighted by atomic mass is 16.6. The molecule has 2 aromatic carbocycles. The Morgan fingerprint density at radius 3 is 1.93 bits per heavy atom. The van der Waals surface area contributed by atoms with Crippen molar-refractivity contribution in [2.75, 3.05) is 6.54 Å². The molecule has 0 bridgehead atoms. The molecular weight excluding hydrogens is 376 g/mol. The molecule has 2 aromatic rings. The highest BCUT2D eigenvalue weighted by Crippen LogP contribution is 2.47. The molecule has 0 aliphatic heterocycles. The van der Waals surface area contributed by atoms with E-state index in [1.807, 2.05) is 0 Å². The van der Waals surface area contributed by atoms with Crippen molar-refractivity contribution in [1.29, 1.82) is 0 Å². The maximum Gasteiger partial charge on any atom is 0.284 e. The molecule has 142 valence electrons. The van der Waals surface area contributed by atoms with Gasteiger partial charge in [0.05, 0.1) is 32.0 Å². The zero-order valence-corrected chi connectivity index (χ0v) is 14.1. The molecule has 1 aliphatic rings. The van der Waals surface area contributed by atoms with Crippen LogP contribution in [0.3, 0.4) is 0 Å². The third-order valence-corrected chi connectivity index (χ3v) is 4.16. The Morgan fingerprint density at radius 2 is 1.43 bits per heavy atom. The Balaban J connectivity index is 2.44. The monoisotopic (exact) mass is 386 g/mol. The van der Waals surface area contributed by atoms with Gasteiger partial charge in [-0.2, -0.15) is 0 Å². The zero-order valence-electron chi connectivity index (χ0n) is 14.1. The number of nitro benzene ring substituents is 3. The van der Waals surface area contributed by atoms with Gasteiger partial charge in [0.15, 0.2) is 5.78 Å². The maximum absolute atomic E-state index is 12.7. The van der Waals surface area contributed by atoms with Gasteiger partial charge in [-0.3, -0.25) is 39.9 Å². The summed E-state index contributed by atoms with van der Waals surface area (Å²) in [5.41, 5.74) is -3.36. The molecule has 3 rings (SSSR count). The number of non-ortho nitro benzene ring substituents is 2. The fourth-order valence-electron chi connectivity index (χ4n) is 3.06. The lowest BCUT2D eigenvalue weighted by Crippen LogP contribution is -2.23. The molecule has 0 radical (unpaired) electrons. The number of nitro groups is 3. The van der Waals surface area contributed by atoms with Gasteiger partial charge in [0.25, 0.3) is 23.0 Å². The van der Waals surface area contributed by atoms with E-state index in [0.29, 0.717) is 6.07 Å². The first-order valence-electron chi connectivity index (χ1n) is 7.79. The normalized spacial score (nSPS) is 11.5. The fraction of sp³-hybridized carbons (Fsp3) is 0.125. The summed E-state index contributed by atoms with van der Waals surface area (Å²) in [6.45, 7) is 1.76. The van der Waals surface area contributed by atoms with E-state index in [1.165, 1.54) is 0 Å². The lowest BCUT2D eigenvalue weighted by atomic mass is 9.96. The van der Waals surface area contributed by atoms with Gasteiger partial charge in [0.1, 0.15) is 0 Å². The predicted octanol–water partition coefficient (Wildman–Crippen LogP) is 2.37. The van der Waals surface area contributed by atoms with Crippen LogP contribution in [0.2, 0.25) is 0 Å². The van der Waals surface area contributed by atoms with Crippen LogP contribution >= 0.6 is 0 Å². The molecule has 0 aromatic heterocycles. The predicted molar refractivity (Wildman–Crippen MR) is 93.3 cm³/mol. The first-order chi connectivity index (χ1) is 13.2. The van der Waals surface area contributed by atoms with E-state index in [-0.39, 0.29) is 34.4 Å². The number of rotatable bonds is 5. The lowest BCUT2D eigenvalue weighted by Gasteiger charge is -2.09. The summed E-state index contributed by atoms with van der Waals surface area (Å²) in [7, 11) is 0. The van der Waals surface area contributed by atoms with Crippen molar-refractivity contribution in [2.45, 2.75) is 6.92 Å².